The van der Waals surface area contributed by atoms with E-state index in [9.17, 15) is 9.59 Å². The minimum atomic E-state index is -1.19. The largest absolute Gasteiger partial charge is 0.465 e. The monoisotopic (exact) mass is 227 g/mol. The Labute approximate surface area is 91.9 Å². The van der Waals surface area contributed by atoms with E-state index in [0.29, 0.717) is 5.02 Å². The zero-order chi connectivity index (χ0) is 11.3. The van der Waals surface area contributed by atoms with Crippen molar-refractivity contribution in [1.82, 2.24) is 5.32 Å². The number of carbonyl (C=O) groups is 2. The molecule has 0 saturated heterocycles. The van der Waals surface area contributed by atoms with Gasteiger partial charge >= 0.3 is 6.09 Å². The van der Waals surface area contributed by atoms with Crippen molar-refractivity contribution >= 4 is 23.5 Å². The summed E-state index contributed by atoms with van der Waals surface area (Å²) in [7, 11) is 0. The maximum atomic E-state index is 11.2. The van der Waals surface area contributed by atoms with Crippen LogP contribution in [0.2, 0.25) is 5.02 Å². The van der Waals surface area contributed by atoms with Crippen LogP contribution in [0.4, 0.5) is 4.79 Å². The minimum absolute atomic E-state index is 0.169. The molecule has 0 aliphatic heterocycles. The molecule has 0 saturated carbocycles. The topological polar surface area (TPSA) is 66.4 Å². The van der Waals surface area contributed by atoms with Gasteiger partial charge in [-0.25, -0.2) is 4.79 Å². The summed E-state index contributed by atoms with van der Waals surface area (Å²) >= 11 is 5.68. The first-order valence-corrected chi connectivity index (χ1v) is 4.68. The van der Waals surface area contributed by atoms with Gasteiger partial charge in [0, 0.05) is 11.4 Å². The molecule has 1 aromatic carbocycles. The summed E-state index contributed by atoms with van der Waals surface area (Å²) in [6.45, 7) is -0.169. The molecule has 15 heavy (non-hydrogen) atoms. The van der Waals surface area contributed by atoms with Gasteiger partial charge in [0.15, 0.2) is 5.78 Å². The lowest BCUT2D eigenvalue weighted by molar-refractivity contribution is -0.117. The Bertz CT molecular complexity index is 361. The third-order valence-corrected chi connectivity index (χ3v) is 2.00. The van der Waals surface area contributed by atoms with E-state index in [1.165, 1.54) is 0 Å². The minimum Gasteiger partial charge on any atom is -0.465 e. The van der Waals surface area contributed by atoms with Crippen LogP contribution in [0, 0.1) is 0 Å². The number of carboxylic acid groups (broad SMARTS) is 1. The molecular formula is C10H10ClNO3. The van der Waals surface area contributed by atoms with Crippen molar-refractivity contribution in [2.45, 2.75) is 6.42 Å². The average Bonchev–Trinajstić information content (AvgIpc) is 2.19. The van der Waals surface area contributed by atoms with Crippen molar-refractivity contribution in [2.24, 2.45) is 0 Å². The van der Waals surface area contributed by atoms with Gasteiger partial charge in [0.2, 0.25) is 0 Å². The summed E-state index contributed by atoms with van der Waals surface area (Å²) in [5.41, 5.74) is 0.816. The summed E-state index contributed by atoms with van der Waals surface area (Å²) < 4.78 is 0. The molecule has 1 aromatic rings. The molecule has 0 fully saturated rings. The number of nitrogens with one attached hydrogen (secondary N) is 1. The van der Waals surface area contributed by atoms with Gasteiger partial charge in [-0.3, -0.25) is 4.79 Å². The van der Waals surface area contributed by atoms with Crippen LogP contribution in [-0.2, 0) is 11.2 Å². The van der Waals surface area contributed by atoms with Crippen LogP contribution >= 0.6 is 11.6 Å². The fraction of sp³-hybridized carbons (Fsp3) is 0.200. The summed E-state index contributed by atoms with van der Waals surface area (Å²) in [5, 5.41) is 10.9. The van der Waals surface area contributed by atoms with Gasteiger partial charge in [-0.05, 0) is 17.7 Å². The van der Waals surface area contributed by atoms with E-state index in [-0.39, 0.29) is 18.7 Å². The Balaban J connectivity index is 2.44. The van der Waals surface area contributed by atoms with E-state index in [1.54, 1.807) is 24.3 Å². The first kappa shape index (κ1) is 11.5. The lowest BCUT2D eigenvalue weighted by Crippen LogP contribution is -2.28. The van der Waals surface area contributed by atoms with Crippen molar-refractivity contribution in [2.75, 3.05) is 6.54 Å². The third kappa shape index (κ3) is 4.46. The zero-order valence-corrected chi connectivity index (χ0v) is 8.62. The number of hydrogen-bond acceptors (Lipinski definition) is 2. The summed E-state index contributed by atoms with van der Waals surface area (Å²) in [4.78, 5) is 21.4. The van der Waals surface area contributed by atoms with E-state index in [1.807, 2.05) is 5.32 Å². The summed E-state index contributed by atoms with van der Waals surface area (Å²) in [6, 6.07) is 6.85. The van der Waals surface area contributed by atoms with Gasteiger partial charge < -0.3 is 10.4 Å². The van der Waals surface area contributed by atoms with Gasteiger partial charge in [0.25, 0.3) is 0 Å². The maximum absolute atomic E-state index is 11.2. The average molecular weight is 228 g/mol. The molecule has 1 amide bonds. The predicted octanol–water partition coefficient (Wildman–Crippen LogP) is 1.72. The zero-order valence-electron chi connectivity index (χ0n) is 7.87. The van der Waals surface area contributed by atoms with Crippen molar-refractivity contribution in [3.8, 4) is 0 Å². The molecule has 0 radical (unpaired) electrons. The van der Waals surface area contributed by atoms with E-state index < -0.39 is 6.09 Å². The van der Waals surface area contributed by atoms with E-state index in [4.69, 9.17) is 16.7 Å². The Morgan fingerprint density at radius 3 is 2.40 bits per heavy atom. The van der Waals surface area contributed by atoms with Gasteiger partial charge in [-0.1, -0.05) is 23.7 Å². The molecule has 0 spiro atoms. The van der Waals surface area contributed by atoms with Crippen molar-refractivity contribution in [3.63, 3.8) is 0 Å². The summed E-state index contributed by atoms with van der Waals surface area (Å²) in [5.74, 6) is -0.181. The van der Waals surface area contributed by atoms with Gasteiger partial charge in [0.1, 0.15) is 0 Å². The lowest BCUT2D eigenvalue weighted by atomic mass is 10.1. The molecule has 0 aliphatic carbocycles. The number of ketones is 1. The van der Waals surface area contributed by atoms with Crippen LogP contribution < -0.4 is 5.32 Å². The molecule has 5 heteroatoms. The highest BCUT2D eigenvalue weighted by Gasteiger charge is 2.04. The van der Waals surface area contributed by atoms with Gasteiger partial charge in [-0.2, -0.15) is 0 Å². The summed E-state index contributed by atoms with van der Waals surface area (Å²) in [6.07, 6.45) is -0.989. The first-order chi connectivity index (χ1) is 7.08. The molecule has 0 atom stereocenters. The highest BCUT2D eigenvalue weighted by Crippen LogP contribution is 2.09. The van der Waals surface area contributed by atoms with Crippen molar-refractivity contribution < 1.29 is 14.7 Å². The number of halogens is 1. The van der Waals surface area contributed by atoms with Gasteiger partial charge in [0.05, 0.1) is 6.54 Å². The molecule has 0 bridgehead atoms. The molecule has 80 valence electrons. The van der Waals surface area contributed by atoms with Gasteiger partial charge in [-0.15, -0.1) is 0 Å². The maximum Gasteiger partial charge on any atom is 0.405 e. The van der Waals surface area contributed by atoms with E-state index in [2.05, 4.69) is 0 Å². The second-order valence-electron chi connectivity index (χ2n) is 3.00. The quantitative estimate of drug-likeness (QED) is 0.823. The number of benzene rings is 1. The fourth-order valence-electron chi connectivity index (χ4n) is 1.07. The van der Waals surface area contributed by atoms with E-state index in [0.717, 1.165) is 5.56 Å². The number of carbonyl (C=O) groups excluding carboxylic acids is 1. The Kier molecular flexibility index (Phi) is 4.12. The van der Waals surface area contributed by atoms with Crippen LogP contribution in [0.25, 0.3) is 0 Å². The molecule has 4 nitrogen and oxygen atoms in total. The number of amides is 1. The highest BCUT2D eigenvalue weighted by molar-refractivity contribution is 6.30. The van der Waals surface area contributed by atoms with Crippen LogP contribution in [0.3, 0.4) is 0 Å². The Hall–Kier alpha value is -1.55. The predicted molar refractivity (Wildman–Crippen MR) is 56.2 cm³/mol. The SMILES string of the molecule is O=C(CNC(=O)O)Cc1ccc(Cl)cc1. The van der Waals surface area contributed by atoms with Crippen LogP contribution in [0.5, 0.6) is 0 Å². The molecule has 0 aliphatic rings. The first-order valence-electron chi connectivity index (χ1n) is 4.31. The number of Topliss-reactive ketones (excluding diaryl/α,β-unsaturated/α-hetero) is 1. The molecule has 2 N–H and O–H groups in total. The molecule has 0 aromatic heterocycles. The molecule has 1 rings (SSSR count). The van der Waals surface area contributed by atoms with E-state index >= 15 is 0 Å². The smallest absolute Gasteiger partial charge is 0.405 e. The molecular weight excluding hydrogens is 218 g/mol. The molecule has 0 unspecified atom stereocenters. The van der Waals surface area contributed by atoms with Crippen LogP contribution in [-0.4, -0.2) is 23.5 Å². The number of hydrogen-bond donors (Lipinski definition) is 2. The second kappa shape index (κ2) is 5.36. The van der Waals surface area contributed by atoms with Crippen molar-refractivity contribution in [1.29, 1.82) is 0 Å². The fourth-order valence-corrected chi connectivity index (χ4v) is 1.19. The third-order valence-electron chi connectivity index (χ3n) is 1.75. The lowest BCUT2D eigenvalue weighted by Gasteiger charge is -2.01. The van der Waals surface area contributed by atoms with Crippen LogP contribution in [0.1, 0.15) is 5.56 Å². The van der Waals surface area contributed by atoms with Crippen LogP contribution in [0.15, 0.2) is 24.3 Å². The Morgan fingerprint density at radius 2 is 1.87 bits per heavy atom. The number of rotatable bonds is 4. The van der Waals surface area contributed by atoms with Crippen molar-refractivity contribution in [3.05, 3.63) is 34.9 Å². The second-order valence-corrected chi connectivity index (χ2v) is 3.44. The standard InChI is InChI=1S/C10H10ClNO3/c11-8-3-1-7(2-4-8)5-9(13)6-12-10(14)15/h1-4,12H,5-6H2,(H,14,15). The molecule has 0 heterocycles. The highest BCUT2D eigenvalue weighted by atomic mass is 35.5. The normalized spacial score (nSPS) is 9.67. The Morgan fingerprint density at radius 1 is 1.27 bits per heavy atom.